The fourth-order valence-electron chi connectivity index (χ4n) is 3.72. The van der Waals surface area contributed by atoms with Gasteiger partial charge in [0.15, 0.2) is 0 Å². The SMILES string of the molecule is CC(C)CC(C(=O)N1CCN(c2ccc(C(F)(F)F)cc2)C[C@H]1C)C(O)C(=O)NO. The Hall–Kier alpha value is -2.33. The summed E-state index contributed by atoms with van der Waals surface area (Å²) in [7, 11) is 0. The van der Waals surface area contributed by atoms with Crippen LogP contribution in [0.4, 0.5) is 18.9 Å². The Bertz CT molecular complexity index is 740. The lowest BCUT2D eigenvalue weighted by Crippen LogP contribution is -2.57. The van der Waals surface area contributed by atoms with E-state index in [9.17, 15) is 27.9 Å². The molecule has 10 heteroatoms. The zero-order valence-electron chi connectivity index (χ0n) is 17.2. The van der Waals surface area contributed by atoms with E-state index in [0.717, 1.165) is 12.1 Å². The maximum atomic E-state index is 13.1. The molecule has 168 valence electrons. The molecule has 0 radical (unpaired) electrons. The van der Waals surface area contributed by atoms with Crippen LogP contribution in [-0.2, 0) is 15.8 Å². The lowest BCUT2D eigenvalue weighted by Gasteiger charge is -2.42. The topological polar surface area (TPSA) is 93.1 Å². The van der Waals surface area contributed by atoms with Gasteiger partial charge in [-0.05, 0) is 43.5 Å². The fourth-order valence-corrected chi connectivity index (χ4v) is 3.72. The normalized spacial score (nSPS) is 19.6. The highest BCUT2D eigenvalue weighted by atomic mass is 19.4. The van der Waals surface area contributed by atoms with Gasteiger partial charge in [-0.25, -0.2) is 5.48 Å². The molecule has 3 N–H and O–H groups in total. The predicted octanol–water partition coefficient (Wildman–Crippen LogP) is 2.27. The number of carbonyl (C=O) groups is 2. The lowest BCUT2D eigenvalue weighted by atomic mass is 9.89. The van der Waals surface area contributed by atoms with Gasteiger partial charge < -0.3 is 14.9 Å². The van der Waals surface area contributed by atoms with Crippen molar-refractivity contribution in [1.82, 2.24) is 10.4 Å². The first-order valence-electron chi connectivity index (χ1n) is 9.80. The molecule has 1 saturated heterocycles. The molecule has 0 bridgehead atoms. The molecule has 1 fully saturated rings. The van der Waals surface area contributed by atoms with Gasteiger partial charge in [0, 0.05) is 31.4 Å². The van der Waals surface area contributed by atoms with Crippen molar-refractivity contribution < 1.29 is 33.1 Å². The molecule has 0 spiro atoms. The molecule has 1 aromatic rings. The number of aliphatic hydroxyl groups is 1. The lowest BCUT2D eigenvalue weighted by molar-refractivity contribution is -0.152. The van der Waals surface area contributed by atoms with E-state index in [1.165, 1.54) is 17.6 Å². The van der Waals surface area contributed by atoms with Gasteiger partial charge in [0.2, 0.25) is 5.91 Å². The molecule has 0 aliphatic carbocycles. The minimum absolute atomic E-state index is 0.0313. The van der Waals surface area contributed by atoms with Gasteiger partial charge in [-0.2, -0.15) is 13.2 Å². The second kappa shape index (κ2) is 9.65. The van der Waals surface area contributed by atoms with Crippen molar-refractivity contribution in [2.75, 3.05) is 24.5 Å². The van der Waals surface area contributed by atoms with Crippen molar-refractivity contribution in [2.45, 2.75) is 45.5 Å². The van der Waals surface area contributed by atoms with E-state index < -0.39 is 29.7 Å². The average molecular weight is 431 g/mol. The van der Waals surface area contributed by atoms with Gasteiger partial charge in [-0.3, -0.25) is 14.8 Å². The standard InChI is InChI=1S/C20H28F3N3O4/c1-12(2)10-16(17(27)18(28)24-30)19(29)26-9-8-25(11-13(26)3)15-6-4-14(5-7-15)20(21,22)23/h4-7,12-13,16-17,27,30H,8-11H2,1-3H3,(H,24,28)/t13-,16?,17?/m1/s1. The van der Waals surface area contributed by atoms with Crippen LogP contribution in [0.15, 0.2) is 24.3 Å². The van der Waals surface area contributed by atoms with Gasteiger partial charge in [-0.1, -0.05) is 13.8 Å². The van der Waals surface area contributed by atoms with Crippen molar-refractivity contribution in [3.05, 3.63) is 29.8 Å². The first-order chi connectivity index (χ1) is 14.0. The van der Waals surface area contributed by atoms with Crippen LogP contribution < -0.4 is 10.4 Å². The van der Waals surface area contributed by atoms with Crippen LogP contribution in [0.2, 0.25) is 0 Å². The minimum atomic E-state index is -4.40. The Morgan fingerprint density at radius 1 is 1.20 bits per heavy atom. The zero-order chi connectivity index (χ0) is 22.6. The highest BCUT2D eigenvalue weighted by Gasteiger charge is 2.38. The summed E-state index contributed by atoms with van der Waals surface area (Å²) in [6.07, 6.45) is -5.81. The van der Waals surface area contributed by atoms with Crippen LogP contribution >= 0.6 is 0 Å². The Morgan fingerprint density at radius 2 is 1.80 bits per heavy atom. The smallest absolute Gasteiger partial charge is 0.382 e. The number of nitrogens with zero attached hydrogens (tertiary/aromatic N) is 2. The third-order valence-corrected chi connectivity index (χ3v) is 5.27. The molecule has 7 nitrogen and oxygen atoms in total. The number of hydroxylamine groups is 1. The summed E-state index contributed by atoms with van der Waals surface area (Å²) in [5, 5.41) is 19.0. The van der Waals surface area contributed by atoms with Crippen molar-refractivity contribution in [1.29, 1.82) is 0 Å². The first-order valence-corrected chi connectivity index (χ1v) is 9.80. The van der Waals surface area contributed by atoms with Crippen molar-refractivity contribution in [2.24, 2.45) is 11.8 Å². The first kappa shape index (κ1) is 23.9. The van der Waals surface area contributed by atoms with Crippen molar-refractivity contribution in [3.8, 4) is 0 Å². The van der Waals surface area contributed by atoms with Crippen LogP contribution in [0.3, 0.4) is 0 Å². The number of hydrogen-bond acceptors (Lipinski definition) is 5. The van der Waals surface area contributed by atoms with E-state index in [0.29, 0.717) is 25.3 Å². The number of amides is 2. The number of carbonyl (C=O) groups excluding carboxylic acids is 2. The average Bonchev–Trinajstić information content (AvgIpc) is 2.69. The quantitative estimate of drug-likeness (QED) is 0.475. The van der Waals surface area contributed by atoms with Crippen molar-refractivity contribution in [3.63, 3.8) is 0 Å². The van der Waals surface area contributed by atoms with Crippen LogP contribution in [0.1, 0.15) is 32.8 Å². The number of anilines is 1. The number of hydrogen-bond donors (Lipinski definition) is 3. The Kier molecular flexibility index (Phi) is 7.70. The van der Waals surface area contributed by atoms with Gasteiger partial charge in [0.05, 0.1) is 11.5 Å². The third kappa shape index (κ3) is 5.63. The van der Waals surface area contributed by atoms with Gasteiger partial charge in [0.1, 0.15) is 6.10 Å². The van der Waals surface area contributed by atoms with Crippen molar-refractivity contribution >= 4 is 17.5 Å². The maximum Gasteiger partial charge on any atom is 0.416 e. The van der Waals surface area contributed by atoms with Gasteiger partial charge in [-0.15, -0.1) is 0 Å². The van der Waals surface area contributed by atoms with Gasteiger partial charge >= 0.3 is 6.18 Å². The Labute approximate surface area is 173 Å². The fraction of sp³-hybridized carbons (Fsp3) is 0.600. The number of alkyl halides is 3. The molecule has 30 heavy (non-hydrogen) atoms. The second-order valence-corrected chi connectivity index (χ2v) is 8.03. The molecule has 1 aliphatic heterocycles. The third-order valence-electron chi connectivity index (χ3n) is 5.27. The van der Waals surface area contributed by atoms with Gasteiger partial charge in [0.25, 0.3) is 5.91 Å². The predicted molar refractivity (Wildman–Crippen MR) is 104 cm³/mol. The molecule has 1 aromatic carbocycles. The van der Waals surface area contributed by atoms with Crippen LogP contribution in [0.25, 0.3) is 0 Å². The molecule has 2 amide bonds. The molecule has 0 saturated carbocycles. The Morgan fingerprint density at radius 3 is 2.27 bits per heavy atom. The molecule has 1 aliphatic rings. The van der Waals surface area contributed by atoms with Crippen LogP contribution in [0.5, 0.6) is 0 Å². The van der Waals surface area contributed by atoms with E-state index in [1.807, 2.05) is 18.7 Å². The summed E-state index contributed by atoms with van der Waals surface area (Å²) < 4.78 is 38.3. The second-order valence-electron chi connectivity index (χ2n) is 8.03. The highest BCUT2D eigenvalue weighted by Crippen LogP contribution is 2.31. The Balaban J connectivity index is 2.11. The molecule has 2 rings (SSSR count). The highest BCUT2D eigenvalue weighted by molar-refractivity contribution is 5.89. The van der Waals surface area contributed by atoms with Crippen LogP contribution in [-0.4, -0.2) is 58.8 Å². The number of nitrogens with one attached hydrogen (secondary N) is 1. The van der Waals surface area contributed by atoms with E-state index in [1.54, 1.807) is 11.8 Å². The molecule has 3 atom stereocenters. The maximum absolute atomic E-state index is 13.1. The summed E-state index contributed by atoms with van der Waals surface area (Å²) in [5.74, 6) is -2.40. The number of halogens is 3. The van der Waals surface area contributed by atoms with E-state index in [-0.39, 0.29) is 24.3 Å². The molecule has 1 heterocycles. The largest absolute Gasteiger partial charge is 0.416 e. The minimum Gasteiger partial charge on any atom is -0.382 e. The van der Waals surface area contributed by atoms with E-state index >= 15 is 0 Å². The molecular formula is C20H28F3N3O4. The molecule has 0 aromatic heterocycles. The summed E-state index contributed by atoms with van der Waals surface area (Å²) in [6, 6.07) is 4.58. The molecule has 2 unspecified atom stereocenters. The summed E-state index contributed by atoms with van der Waals surface area (Å²) >= 11 is 0. The summed E-state index contributed by atoms with van der Waals surface area (Å²) in [5.41, 5.74) is 1.29. The van der Waals surface area contributed by atoms with E-state index in [2.05, 4.69) is 0 Å². The molecular weight excluding hydrogens is 403 g/mol. The number of aliphatic hydroxyl groups excluding tert-OH is 1. The monoisotopic (exact) mass is 431 g/mol. The number of piperazine rings is 1. The number of rotatable bonds is 6. The summed E-state index contributed by atoms with van der Waals surface area (Å²) in [4.78, 5) is 28.2. The zero-order valence-corrected chi connectivity index (χ0v) is 17.2. The number of benzene rings is 1. The summed E-state index contributed by atoms with van der Waals surface area (Å²) in [6.45, 7) is 6.61. The van der Waals surface area contributed by atoms with E-state index in [4.69, 9.17) is 5.21 Å². The van der Waals surface area contributed by atoms with Crippen LogP contribution in [0, 0.1) is 11.8 Å².